The van der Waals surface area contributed by atoms with Crippen molar-refractivity contribution in [2.75, 3.05) is 13.1 Å². The lowest BCUT2D eigenvalue weighted by Gasteiger charge is -2.16. The number of hydrogen-bond donors (Lipinski definition) is 3. The summed E-state index contributed by atoms with van der Waals surface area (Å²) in [4.78, 5) is 4.56. The molecular weight excluding hydrogens is 336 g/mol. The van der Waals surface area contributed by atoms with Crippen molar-refractivity contribution in [1.29, 1.82) is 0 Å². The molecule has 1 aromatic carbocycles. The highest BCUT2D eigenvalue weighted by molar-refractivity contribution is 7.89. The lowest BCUT2D eigenvalue weighted by molar-refractivity contribution is 0.530. The number of aliphatic imine (C=N–C) groups is 1. The van der Waals surface area contributed by atoms with E-state index in [0.29, 0.717) is 23.4 Å². The zero-order valence-electron chi connectivity index (χ0n) is 15.2. The Morgan fingerprint density at radius 2 is 1.88 bits per heavy atom. The zero-order chi connectivity index (χ0) is 18.3. The van der Waals surface area contributed by atoms with Gasteiger partial charge in [0.15, 0.2) is 5.96 Å². The summed E-state index contributed by atoms with van der Waals surface area (Å²) in [5.41, 5.74) is 7.57. The molecule has 0 aromatic heterocycles. The molecule has 25 heavy (non-hydrogen) atoms. The Morgan fingerprint density at radius 1 is 1.20 bits per heavy atom. The van der Waals surface area contributed by atoms with Gasteiger partial charge in [0, 0.05) is 12.6 Å². The normalized spacial score (nSPS) is 17.3. The Bertz CT molecular complexity index is 693. The molecule has 1 saturated carbocycles. The molecule has 140 valence electrons. The fourth-order valence-electron chi connectivity index (χ4n) is 3.11. The van der Waals surface area contributed by atoms with E-state index in [4.69, 9.17) is 5.73 Å². The first-order valence-corrected chi connectivity index (χ1v) is 10.5. The Balaban J connectivity index is 1.83. The number of aryl methyl sites for hydroxylation is 2. The number of benzene rings is 1. The average Bonchev–Trinajstić information content (AvgIpc) is 2.82. The quantitative estimate of drug-likeness (QED) is 0.311. The summed E-state index contributed by atoms with van der Waals surface area (Å²) < 4.78 is 27.4. The smallest absolute Gasteiger partial charge is 0.240 e. The topological polar surface area (TPSA) is 96.6 Å². The van der Waals surface area contributed by atoms with Gasteiger partial charge in [-0.25, -0.2) is 13.1 Å². The molecule has 1 fully saturated rings. The number of sulfonamides is 1. The van der Waals surface area contributed by atoms with Gasteiger partial charge in [0.25, 0.3) is 0 Å². The number of nitrogens with one attached hydrogen (secondary N) is 2. The molecule has 0 bridgehead atoms. The van der Waals surface area contributed by atoms with Gasteiger partial charge in [-0.15, -0.1) is 0 Å². The SMILES string of the molecule is Cc1ccc(C)c(S(=O)(=O)NCCN=C(N)NC2CCCCCC2)c1. The third kappa shape index (κ3) is 6.32. The maximum atomic E-state index is 12.4. The van der Waals surface area contributed by atoms with Crippen LogP contribution in [-0.4, -0.2) is 33.5 Å². The molecule has 0 amide bonds. The van der Waals surface area contributed by atoms with Crippen molar-refractivity contribution >= 4 is 16.0 Å². The highest BCUT2D eigenvalue weighted by Crippen LogP contribution is 2.17. The molecule has 0 spiro atoms. The van der Waals surface area contributed by atoms with E-state index in [1.165, 1.54) is 25.7 Å². The second-order valence-corrected chi connectivity index (χ2v) is 8.50. The van der Waals surface area contributed by atoms with E-state index in [9.17, 15) is 8.42 Å². The first-order valence-electron chi connectivity index (χ1n) is 9.02. The second kappa shape index (κ2) is 9.20. The molecule has 0 heterocycles. The van der Waals surface area contributed by atoms with E-state index >= 15 is 0 Å². The number of rotatable bonds is 6. The lowest BCUT2D eigenvalue weighted by Crippen LogP contribution is -2.40. The molecular formula is C18H30N4O2S. The summed E-state index contributed by atoms with van der Waals surface area (Å²) in [6, 6.07) is 5.79. The molecule has 0 unspecified atom stereocenters. The minimum Gasteiger partial charge on any atom is -0.370 e. The van der Waals surface area contributed by atoms with Crippen molar-refractivity contribution < 1.29 is 8.42 Å². The van der Waals surface area contributed by atoms with E-state index in [1.807, 2.05) is 19.1 Å². The molecule has 4 N–H and O–H groups in total. The van der Waals surface area contributed by atoms with Gasteiger partial charge >= 0.3 is 0 Å². The number of nitrogens with two attached hydrogens (primary N) is 1. The summed E-state index contributed by atoms with van der Waals surface area (Å²) in [7, 11) is -3.52. The molecule has 1 aliphatic carbocycles. The van der Waals surface area contributed by atoms with E-state index < -0.39 is 10.0 Å². The molecule has 0 saturated heterocycles. The summed E-state index contributed by atoms with van der Waals surface area (Å²) in [5, 5.41) is 3.26. The fourth-order valence-corrected chi connectivity index (χ4v) is 4.46. The second-order valence-electron chi connectivity index (χ2n) is 6.77. The van der Waals surface area contributed by atoms with Gasteiger partial charge in [-0.05, 0) is 43.9 Å². The zero-order valence-corrected chi connectivity index (χ0v) is 16.0. The van der Waals surface area contributed by atoms with Gasteiger partial charge < -0.3 is 11.1 Å². The van der Waals surface area contributed by atoms with Gasteiger partial charge in [-0.2, -0.15) is 0 Å². The number of nitrogens with zero attached hydrogens (tertiary/aromatic N) is 1. The molecule has 7 heteroatoms. The van der Waals surface area contributed by atoms with E-state index in [2.05, 4.69) is 15.0 Å². The van der Waals surface area contributed by atoms with Crippen molar-refractivity contribution in [3.63, 3.8) is 0 Å². The van der Waals surface area contributed by atoms with Crippen molar-refractivity contribution in [1.82, 2.24) is 10.0 Å². The summed E-state index contributed by atoms with van der Waals surface area (Å²) in [6.07, 6.45) is 7.26. The van der Waals surface area contributed by atoms with E-state index in [-0.39, 0.29) is 6.54 Å². The third-order valence-corrected chi connectivity index (χ3v) is 6.13. The van der Waals surface area contributed by atoms with Crippen LogP contribution in [0.3, 0.4) is 0 Å². The van der Waals surface area contributed by atoms with Gasteiger partial charge in [-0.1, -0.05) is 37.8 Å². The van der Waals surface area contributed by atoms with Crippen molar-refractivity contribution in [2.24, 2.45) is 10.7 Å². The molecule has 0 radical (unpaired) electrons. The number of hydrogen-bond acceptors (Lipinski definition) is 3. The minimum atomic E-state index is -3.52. The monoisotopic (exact) mass is 366 g/mol. The standard InChI is InChI=1S/C18H30N4O2S/c1-14-9-10-15(2)17(13-14)25(23,24)21-12-11-20-18(19)22-16-7-5-3-4-6-8-16/h9-10,13,16,21H,3-8,11-12H2,1-2H3,(H3,19,20,22). The lowest BCUT2D eigenvalue weighted by atomic mass is 10.1. The van der Waals surface area contributed by atoms with Crippen LogP contribution in [0.2, 0.25) is 0 Å². The highest BCUT2D eigenvalue weighted by Gasteiger charge is 2.16. The van der Waals surface area contributed by atoms with Crippen LogP contribution in [0.5, 0.6) is 0 Å². The maximum Gasteiger partial charge on any atom is 0.240 e. The first kappa shape index (κ1) is 19.7. The van der Waals surface area contributed by atoms with Crippen LogP contribution in [0.4, 0.5) is 0 Å². The van der Waals surface area contributed by atoms with Crippen LogP contribution in [0.25, 0.3) is 0 Å². The van der Waals surface area contributed by atoms with Gasteiger partial charge in [-0.3, -0.25) is 4.99 Å². The van der Waals surface area contributed by atoms with E-state index in [0.717, 1.165) is 24.0 Å². The van der Waals surface area contributed by atoms with Crippen LogP contribution in [0.1, 0.15) is 49.7 Å². The van der Waals surface area contributed by atoms with Crippen LogP contribution in [0, 0.1) is 13.8 Å². The van der Waals surface area contributed by atoms with Crippen molar-refractivity contribution in [3.05, 3.63) is 29.3 Å². The summed E-state index contributed by atoms with van der Waals surface area (Å²) >= 11 is 0. The molecule has 1 aliphatic rings. The minimum absolute atomic E-state index is 0.225. The highest BCUT2D eigenvalue weighted by atomic mass is 32.2. The molecule has 0 atom stereocenters. The molecule has 2 rings (SSSR count). The first-order chi connectivity index (χ1) is 11.9. The van der Waals surface area contributed by atoms with Crippen LogP contribution in [0.15, 0.2) is 28.1 Å². The fraction of sp³-hybridized carbons (Fsp3) is 0.611. The largest absolute Gasteiger partial charge is 0.370 e. The Labute approximate surface area is 151 Å². The van der Waals surface area contributed by atoms with Gasteiger partial charge in [0.1, 0.15) is 0 Å². The predicted octanol–water partition coefficient (Wildman–Crippen LogP) is 2.21. The summed E-state index contributed by atoms with van der Waals surface area (Å²) in [6.45, 7) is 4.21. The third-order valence-electron chi connectivity index (χ3n) is 4.53. The van der Waals surface area contributed by atoms with Gasteiger partial charge in [0.05, 0.1) is 11.4 Å². The number of guanidine groups is 1. The predicted molar refractivity (Wildman–Crippen MR) is 102 cm³/mol. The Kier molecular flexibility index (Phi) is 7.25. The van der Waals surface area contributed by atoms with Crippen molar-refractivity contribution in [3.8, 4) is 0 Å². The van der Waals surface area contributed by atoms with Crippen LogP contribution < -0.4 is 15.8 Å². The average molecular weight is 367 g/mol. The maximum absolute atomic E-state index is 12.4. The van der Waals surface area contributed by atoms with Crippen LogP contribution >= 0.6 is 0 Å². The van der Waals surface area contributed by atoms with E-state index in [1.54, 1.807) is 13.0 Å². The van der Waals surface area contributed by atoms with Crippen LogP contribution in [-0.2, 0) is 10.0 Å². The van der Waals surface area contributed by atoms with Gasteiger partial charge in [0.2, 0.25) is 10.0 Å². The molecule has 1 aromatic rings. The van der Waals surface area contributed by atoms with Crippen molar-refractivity contribution in [2.45, 2.75) is 63.3 Å². The molecule has 6 nitrogen and oxygen atoms in total. The Morgan fingerprint density at radius 3 is 2.56 bits per heavy atom. The molecule has 0 aliphatic heterocycles. The Hall–Kier alpha value is -1.60. The summed E-state index contributed by atoms with van der Waals surface area (Å²) in [5.74, 6) is 0.401.